The predicted octanol–water partition coefficient (Wildman–Crippen LogP) is 3.25. The molecular formula is C16H11N3OS. The van der Waals surface area contributed by atoms with Crippen LogP contribution >= 0.6 is 11.8 Å². The van der Waals surface area contributed by atoms with E-state index in [1.807, 2.05) is 30.3 Å². The first-order valence-corrected chi connectivity index (χ1v) is 7.17. The van der Waals surface area contributed by atoms with Gasteiger partial charge in [0.25, 0.3) is 5.56 Å². The maximum absolute atomic E-state index is 11.5. The summed E-state index contributed by atoms with van der Waals surface area (Å²) < 4.78 is 0. The third kappa shape index (κ3) is 2.67. The molecule has 0 saturated carbocycles. The number of hydrogen-bond donors (Lipinski definition) is 1. The number of rotatable bonds is 2. The van der Waals surface area contributed by atoms with E-state index in [0.29, 0.717) is 16.4 Å². The monoisotopic (exact) mass is 293 g/mol. The summed E-state index contributed by atoms with van der Waals surface area (Å²) in [5, 5.41) is 11.6. The van der Waals surface area contributed by atoms with Crippen LogP contribution in [0.5, 0.6) is 0 Å². The van der Waals surface area contributed by atoms with Gasteiger partial charge in [-0.15, -0.1) is 0 Å². The van der Waals surface area contributed by atoms with Crippen LogP contribution in [0.15, 0.2) is 57.3 Å². The number of hydrogen-bond acceptors (Lipinski definition) is 4. The molecule has 0 radical (unpaired) electrons. The molecule has 0 unspecified atom stereocenters. The Hall–Kier alpha value is -2.58. The molecule has 0 saturated heterocycles. The van der Waals surface area contributed by atoms with Crippen molar-refractivity contribution < 1.29 is 0 Å². The van der Waals surface area contributed by atoms with Gasteiger partial charge in [-0.25, -0.2) is 4.98 Å². The molecule has 4 nitrogen and oxygen atoms in total. The van der Waals surface area contributed by atoms with Gasteiger partial charge in [-0.2, -0.15) is 5.26 Å². The second-order valence-corrected chi connectivity index (χ2v) is 5.59. The summed E-state index contributed by atoms with van der Waals surface area (Å²) in [6, 6.07) is 15.1. The molecule has 0 aliphatic heterocycles. The van der Waals surface area contributed by atoms with E-state index in [1.54, 1.807) is 13.0 Å². The van der Waals surface area contributed by atoms with Crippen molar-refractivity contribution in [3.8, 4) is 6.07 Å². The predicted molar refractivity (Wildman–Crippen MR) is 82.4 cm³/mol. The van der Waals surface area contributed by atoms with Crippen LogP contribution in [0.25, 0.3) is 10.8 Å². The van der Waals surface area contributed by atoms with E-state index in [-0.39, 0.29) is 5.56 Å². The van der Waals surface area contributed by atoms with Gasteiger partial charge in [0.2, 0.25) is 0 Å². The molecule has 21 heavy (non-hydrogen) atoms. The largest absolute Gasteiger partial charge is 0.301 e. The highest BCUT2D eigenvalue weighted by atomic mass is 32.2. The molecule has 3 aromatic rings. The number of aromatic nitrogens is 2. The lowest BCUT2D eigenvalue weighted by Gasteiger charge is -2.07. The van der Waals surface area contributed by atoms with Crippen molar-refractivity contribution in [2.75, 3.05) is 0 Å². The normalized spacial score (nSPS) is 10.5. The second kappa shape index (κ2) is 5.43. The van der Waals surface area contributed by atoms with E-state index in [2.05, 4.69) is 16.0 Å². The lowest BCUT2D eigenvalue weighted by atomic mass is 10.1. The standard InChI is InChI=1S/C16H11N3OS/c1-10-8-15(20)19-16(18-10)21-14-7-6-11(9-17)12-4-2-3-5-13(12)14/h2-8H,1H3,(H,18,19,20). The molecule has 0 aliphatic carbocycles. The Kier molecular flexibility index (Phi) is 3.46. The zero-order valence-corrected chi connectivity index (χ0v) is 12.1. The van der Waals surface area contributed by atoms with E-state index >= 15 is 0 Å². The van der Waals surface area contributed by atoms with Gasteiger partial charge in [0.1, 0.15) is 0 Å². The van der Waals surface area contributed by atoms with Gasteiger partial charge in [-0.3, -0.25) is 4.79 Å². The van der Waals surface area contributed by atoms with Crippen LogP contribution in [-0.4, -0.2) is 9.97 Å². The third-order valence-electron chi connectivity index (χ3n) is 3.06. The molecule has 1 aromatic heterocycles. The quantitative estimate of drug-likeness (QED) is 0.736. The molecule has 0 amide bonds. The fourth-order valence-corrected chi connectivity index (χ4v) is 3.14. The van der Waals surface area contributed by atoms with E-state index < -0.39 is 0 Å². The Morgan fingerprint density at radius 3 is 2.67 bits per heavy atom. The third-order valence-corrected chi connectivity index (χ3v) is 4.02. The highest BCUT2D eigenvalue weighted by molar-refractivity contribution is 7.99. The fourth-order valence-electron chi connectivity index (χ4n) is 2.16. The van der Waals surface area contributed by atoms with Crippen LogP contribution in [-0.2, 0) is 0 Å². The SMILES string of the molecule is Cc1cc(=O)[nH]c(Sc2ccc(C#N)c3ccccc23)n1. The average molecular weight is 293 g/mol. The van der Waals surface area contributed by atoms with E-state index in [4.69, 9.17) is 0 Å². The number of fused-ring (bicyclic) bond motifs is 1. The van der Waals surface area contributed by atoms with Crippen LogP contribution < -0.4 is 5.56 Å². The number of benzene rings is 2. The number of nitrogens with zero attached hydrogens (tertiary/aromatic N) is 2. The molecule has 0 spiro atoms. The summed E-state index contributed by atoms with van der Waals surface area (Å²) in [7, 11) is 0. The summed E-state index contributed by atoms with van der Waals surface area (Å²) in [5.41, 5.74) is 1.16. The summed E-state index contributed by atoms with van der Waals surface area (Å²) >= 11 is 1.39. The molecule has 0 aliphatic rings. The molecule has 0 atom stereocenters. The molecule has 1 heterocycles. The van der Waals surface area contributed by atoms with Crippen LogP contribution in [0.3, 0.4) is 0 Å². The van der Waals surface area contributed by atoms with Crippen molar-refractivity contribution in [1.29, 1.82) is 5.26 Å². The summed E-state index contributed by atoms with van der Waals surface area (Å²) in [4.78, 5) is 19.5. The van der Waals surface area contributed by atoms with Crippen molar-refractivity contribution in [2.24, 2.45) is 0 Å². The van der Waals surface area contributed by atoms with Gasteiger partial charge in [0.05, 0.1) is 11.6 Å². The lowest BCUT2D eigenvalue weighted by molar-refractivity contribution is 0.906. The first-order chi connectivity index (χ1) is 10.2. The fraction of sp³-hybridized carbons (Fsp3) is 0.0625. The Labute approximate surface area is 125 Å². The second-order valence-electron chi connectivity index (χ2n) is 4.56. The van der Waals surface area contributed by atoms with Crippen molar-refractivity contribution in [3.63, 3.8) is 0 Å². The first-order valence-electron chi connectivity index (χ1n) is 6.35. The Bertz CT molecular complexity index is 925. The molecule has 1 N–H and O–H groups in total. The average Bonchev–Trinajstić information content (AvgIpc) is 2.46. The molecule has 0 fully saturated rings. The number of aromatic amines is 1. The summed E-state index contributed by atoms with van der Waals surface area (Å²) in [6.07, 6.45) is 0. The van der Waals surface area contributed by atoms with Crippen LogP contribution in [0.1, 0.15) is 11.3 Å². The maximum atomic E-state index is 11.5. The van der Waals surface area contributed by atoms with Gasteiger partial charge in [0.15, 0.2) is 5.16 Å². The molecule has 5 heteroatoms. The highest BCUT2D eigenvalue weighted by Gasteiger charge is 2.08. The van der Waals surface area contributed by atoms with E-state index in [9.17, 15) is 10.1 Å². The van der Waals surface area contributed by atoms with Crippen LogP contribution in [0, 0.1) is 18.3 Å². The Balaban J connectivity index is 2.13. The first kappa shape index (κ1) is 13.4. The number of nitriles is 1. The van der Waals surface area contributed by atoms with Gasteiger partial charge in [0, 0.05) is 22.0 Å². The summed E-state index contributed by atoms with van der Waals surface area (Å²) in [6.45, 7) is 1.79. The van der Waals surface area contributed by atoms with Crippen molar-refractivity contribution >= 4 is 22.5 Å². The minimum absolute atomic E-state index is 0.164. The molecular weight excluding hydrogens is 282 g/mol. The number of aryl methyl sites for hydroxylation is 1. The lowest BCUT2D eigenvalue weighted by Crippen LogP contribution is -2.07. The minimum Gasteiger partial charge on any atom is -0.301 e. The van der Waals surface area contributed by atoms with Crippen molar-refractivity contribution in [2.45, 2.75) is 17.0 Å². The maximum Gasteiger partial charge on any atom is 0.251 e. The van der Waals surface area contributed by atoms with Crippen LogP contribution in [0.4, 0.5) is 0 Å². The molecule has 3 rings (SSSR count). The van der Waals surface area contributed by atoms with E-state index in [1.165, 1.54) is 17.8 Å². The van der Waals surface area contributed by atoms with E-state index in [0.717, 1.165) is 15.7 Å². The zero-order chi connectivity index (χ0) is 14.8. The number of H-pyrrole nitrogens is 1. The topological polar surface area (TPSA) is 69.5 Å². The smallest absolute Gasteiger partial charge is 0.251 e. The Morgan fingerprint density at radius 2 is 1.95 bits per heavy atom. The minimum atomic E-state index is -0.164. The van der Waals surface area contributed by atoms with Gasteiger partial charge in [-0.05, 0) is 24.4 Å². The molecule has 0 bridgehead atoms. The van der Waals surface area contributed by atoms with Gasteiger partial charge in [-0.1, -0.05) is 36.0 Å². The van der Waals surface area contributed by atoms with Gasteiger partial charge >= 0.3 is 0 Å². The van der Waals surface area contributed by atoms with Crippen LogP contribution in [0.2, 0.25) is 0 Å². The van der Waals surface area contributed by atoms with Crippen molar-refractivity contribution in [1.82, 2.24) is 9.97 Å². The van der Waals surface area contributed by atoms with Crippen molar-refractivity contribution in [3.05, 3.63) is 64.1 Å². The Morgan fingerprint density at radius 1 is 1.19 bits per heavy atom. The van der Waals surface area contributed by atoms with Gasteiger partial charge < -0.3 is 4.98 Å². The summed E-state index contributed by atoms with van der Waals surface area (Å²) in [5.74, 6) is 0. The number of nitrogens with one attached hydrogen (secondary N) is 1. The molecule has 102 valence electrons. The highest BCUT2D eigenvalue weighted by Crippen LogP contribution is 2.32. The zero-order valence-electron chi connectivity index (χ0n) is 11.3. The molecule has 2 aromatic carbocycles.